The molecule has 0 aromatic carbocycles. The molecule has 0 spiro atoms. The molecule has 3 nitrogen and oxygen atoms in total. The Morgan fingerprint density at radius 1 is 1.57 bits per heavy atom. The van der Waals surface area contributed by atoms with Crippen LogP contribution >= 0.6 is 11.3 Å². The lowest BCUT2D eigenvalue weighted by Gasteiger charge is -2.36. The van der Waals surface area contributed by atoms with Crippen LogP contribution in [0.15, 0.2) is 5.51 Å². The maximum atomic E-state index is 5.91. The fourth-order valence-electron chi connectivity index (χ4n) is 2.22. The summed E-state index contributed by atoms with van der Waals surface area (Å²) >= 11 is 1.65. The molecular formula is C10H17N3S. The van der Waals surface area contributed by atoms with Gasteiger partial charge >= 0.3 is 0 Å². The van der Waals surface area contributed by atoms with Gasteiger partial charge in [-0.05, 0) is 31.6 Å². The lowest BCUT2D eigenvalue weighted by atomic mass is 9.71. The molecule has 2 rings (SSSR count). The topological polar surface area (TPSA) is 51.8 Å². The van der Waals surface area contributed by atoms with Gasteiger partial charge in [-0.3, -0.25) is 0 Å². The third-order valence-corrected chi connectivity index (χ3v) is 4.37. The van der Waals surface area contributed by atoms with Crippen LogP contribution in [0.4, 0.5) is 0 Å². The zero-order valence-corrected chi connectivity index (χ0v) is 9.39. The van der Waals surface area contributed by atoms with Crippen molar-refractivity contribution in [3.05, 3.63) is 10.5 Å². The summed E-state index contributed by atoms with van der Waals surface area (Å²) in [6, 6.07) is 0. The Bertz CT molecular complexity index is 276. The van der Waals surface area contributed by atoms with Crippen molar-refractivity contribution in [2.45, 2.75) is 38.0 Å². The number of aromatic nitrogens is 2. The highest BCUT2D eigenvalue weighted by molar-refractivity contribution is 7.09. The Kier molecular flexibility index (Phi) is 2.83. The van der Waals surface area contributed by atoms with Gasteiger partial charge in [0.1, 0.15) is 10.5 Å². The minimum Gasteiger partial charge on any atom is -0.329 e. The van der Waals surface area contributed by atoms with Crippen molar-refractivity contribution in [2.24, 2.45) is 11.7 Å². The van der Waals surface area contributed by atoms with Gasteiger partial charge in [0.2, 0.25) is 0 Å². The first-order valence-corrected chi connectivity index (χ1v) is 6.11. The van der Waals surface area contributed by atoms with Crippen molar-refractivity contribution >= 4 is 11.3 Å². The van der Waals surface area contributed by atoms with Gasteiger partial charge in [-0.25, -0.2) is 0 Å². The highest BCUT2D eigenvalue weighted by atomic mass is 32.1. The van der Waals surface area contributed by atoms with Crippen molar-refractivity contribution in [1.82, 2.24) is 10.2 Å². The quantitative estimate of drug-likeness (QED) is 0.813. The second-order valence-corrected chi connectivity index (χ2v) is 5.24. The first-order chi connectivity index (χ1) is 6.77. The van der Waals surface area contributed by atoms with Crippen molar-refractivity contribution in [1.29, 1.82) is 0 Å². The summed E-state index contributed by atoms with van der Waals surface area (Å²) in [4.78, 5) is 0. The van der Waals surface area contributed by atoms with E-state index in [1.54, 1.807) is 11.3 Å². The first kappa shape index (κ1) is 10.1. The molecule has 1 aliphatic carbocycles. The van der Waals surface area contributed by atoms with Crippen molar-refractivity contribution in [3.63, 3.8) is 0 Å². The highest BCUT2D eigenvalue weighted by Gasteiger charge is 2.37. The van der Waals surface area contributed by atoms with E-state index in [2.05, 4.69) is 17.1 Å². The molecule has 1 heterocycles. The van der Waals surface area contributed by atoms with E-state index in [1.807, 2.05) is 5.51 Å². The molecule has 1 aromatic rings. The fourth-order valence-corrected chi connectivity index (χ4v) is 3.05. The SMILES string of the molecule is CC1CCC(CN)(c2nncs2)CC1. The predicted octanol–water partition coefficient (Wildman–Crippen LogP) is 1.94. The summed E-state index contributed by atoms with van der Waals surface area (Å²) in [5.74, 6) is 0.850. The van der Waals surface area contributed by atoms with Crippen LogP contribution in [0.25, 0.3) is 0 Å². The van der Waals surface area contributed by atoms with Crippen LogP contribution in [0.2, 0.25) is 0 Å². The molecule has 0 saturated heterocycles. The van der Waals surface area contributed by atoms with Gasteiger partial charge in [-0.2, -0.15) is 0 Å². The minimum absolute atomic E-state index is 0.147. The Balaban J connectivity index is 2.19. The smallest absolute Gasteiger partial charge is 0.124 e. The first-order valence-electron chi connectivity index (χ1n) is 5.23. The van der Waals surface area contributed by atoms with Crippen LogP contribution in [-0.4, -0.2) is 16.7 Å². The Morgan fingerprint density at radius 2 is 2.29 bits per heavy atom. The van der Waals surface area contributed by atoms with Gasteiger partial charge in [-0.1, -0.05) is 6.92 Å². The van der Waals surface area contributed by atoms with Crippen molar-refractivity contribution in [3.8, 4) is 0 Å². The predicted molar refractivity (Wildman–Crippen MR) is 58.3 cm³/mol. The van der Waals surface area contributed by atoms with E-state index < -0.39 is 0 Å². The fraction of sp³-hybridized carbons (Fsp3) is 0.800. The van der Waals surface area contributed by atoms with E-state index in [-0.39, 0.29) is 5.41 Å². The maximum absolute atomic E-state index is 5.91. The lowest BCUT2D eigenvalue weighted by Crippen LogP contribution is -2.38. The maximum Gasteiger partial charge on any atom is 0.124 e. The van der Waals surface area contributed by atoms with E-state index in [9.17, 15) is 0 Å². The number of hydrogen-bond acceptors (Lipinski definition) is 4. The average Bonchev–Trinajstić information content (AvgIpc) is 2.73. The zero-order valence-electron chi connectivity index (χ0n) is 8.57. The van der Waals surface area contributed by atoms with Gasteiger partial charge in [0, 0.05) is 12.0 Å². The summed E-state index contributed by atoms with van der Waals surface area (Å²) in [7, 11) is 0. The lowest BCUT2D eigenvalue weighted by molar-refractivity contribution is 0.246. The Hall–Kier alpha value is -0.480. The summed E-state index contributed by atoms with van der Waals surface area (Å²) in [5.41, 5.74) is 7.87. The van der Waals surface area contributed by atoms with Gasteiger partial charge < -0.3 is 5.73 Å². The van der Waals surface area contributed by atoms with E-state index in [0.717, 1.165) is 17.5 Å². The van der Waals surface area contributed by atoms with Crippen molar-refractivity contribution in [2.75, 3.05) is 6.54 Å². The van der Waals surface area contributed by atoms with E-state index in [4.69, 9.17) is 5.73 Å². The standard InChI is InChI=1S/C10H17N3S/c1-8-2-4-10(6-11,5-3-8)9-13-12-7-14-9/h7-8H,2-6,11H2,1H3. The van der Waals surface area contributed by atoms with Gasteiger partial charge in [0.25, 0.3) is 0 Å². The molecule has 2 N–H and O–H groups in total. The summed E-state index contributed by atoms with van der Waals surface area (Å²) in [6.07, 6.45) is 4.91. The Labute approximate surface area is 88.7 Å². The molecule has 0 bridgehead atoms. The second kappa shape index (κ2) is 3.95. The van der Waals surface area contributed by atoms with E-state index in [0.29, 0.717) is 0 Å². The van der Waals surface area contributed by atoms with Gasteiger partial charge in [-0.15, -0.1) is 21.5 Å². The molecule has 4 heteroatoms. The van der Waals surface area contributed by atoms with Gasteiger partial charge in [0.15, 0.2) is 0 Å². The van der Waals surface area contributed by atoms with E-state index >= 15 is 0 Å². The monoisotopic (exact) mass is 211 g/mol. The molecule has 1 aliphatic rings. The average molecular weight is 211 g/mol. The molecular weight excluding hydrogens is 194 g/mol. The molecule has 1 saturated carbocycles. The second-order valence-electron chi connectivity index (χ2n) is 4.41. The third kappa shape index (κ3) is 1.68. The molecule has 0 unspecified atom stereocenters. The van der Waals surface area contributed by atoms with Crippen molar-refractivity contribution < 1.29 is 0 Å². The van der Waals surface area contributed by atoms with Crippen LogP contribution in [0.3, 0.4) is 0 Å². The normalized spacial score (nSPS) is 33.1. The molecule has 0 radical (unpaired) electrons. The van der Waals surface area contributed by atoms with Crippen LogP contribution in [0.5, 0.6) is 0 Å². The number of nitrogens with two attached hydrogens (primary N) is 1. The van der Waals surface area contributed by atoms with E-state index in [1.165, 1.54) is 25.7 Å². The molecule has 0 aliphatic heterocycles. The molecule has 0 atom stereocenters. The minimum atomic E-state index is 0.147. The number of hydrogen-bond donors (Lipinski definition) is 1. The summed E-state index contributed by atoms with van der Waals surface area (Å²) in [6.45, 7) is 3.04. The molecule has 1 aromatic heterocycles. The Morgan fingerprint density at radius 3 is 2.79 bits per heavy atom. The summed E-state index contributed by atoms with van der Waals surface area (Å²) < 4.78 is 0. The zero-order chi connectivity index (χ0) is 10.0. The summed E-state index contributed by atoms with van der Waals surface area (Å²) in [5, 5.41) is 9.26. The molecule has 14 heavy (non-hydrogen) atoms. The molecule has 1 fully saturated rings. The van der Waals surface area contributed by atoms with Crippen LogP contribution in [0.1, 0.15) is 37.6 Å². The van der Waals surface area contributed by atoms with Gasteiger partial charge in [0.05, 0.1) is 0 Å². The van der Waals surface area contributed by atoms with Crippen LogP contribution < -0.4 is 5.73 Å². The highest BCUT2D eigenvalue weighted by Crippen LogP contribution is 2.41. The van der Waals surface area contributed by atoms with Crippen LogP contribution in [0, 0.1) is 5.92 Å². The number of rotatable bonds is 2. The molecule has 78 valence electrons. The third-order valence-electron chi connectivity index (χ3n) is 3.44. The molecule has 0 amide bonds. The number of nitrogens with zero attached hydrogens (tertiary/aromatic N) is 2. The largest absolute Gasteiger partial charge is 0.329 e. The van der Waals surface area contributed by atoms with Crippen LogP contribution in [-0.2, 0) is 5.41 Å².